The Kier molecular flexibility index (Phi) is 3.44. The van der Waals surface area contributed by atoms with Crippen LogP contribution in [0.3, 0.4) is 0 Å². The molecule has 1 rings (SSSR count). The Morgan fingerprint density at radius 2 is 1.93 bits per heavy atom. The fraction of sp³-hybridized carbons (Fsp3) is 0.917. The topological polar surface area (TPSA) is 49.3 Å². The van der Waals surface area contributed by atoms with E-state index in [1.165, 1.54) is 0 Å². The van der Waals surface area contributed by atoms with Gasteiger partial charge in [-0.3, -0.25) is 4.79 Å². The van der Waals surface area contributed by atoms with Crippen molar-refractivity contribution in [3.63, 3.8) is 0 Å². The first-order valence-corrected chi connectivity index (χ1v) is 5.74. The van der Waals surface area contributed by atoms with Crippen LogP contribution in [0, 0.1) is 16.7 Å². The van der Waals surface area contributed by atoms with Crippen LogP contribution in [0.2, 0.25) is 0 Å². The molecule has 2 N–H and O–H groups in total. The highest BCUT2D eigenvalue weighted by molar-refractivity contribution is 5.75. The third-order valence-corrected chi connectivity index (χ3v) is 4.12. The van der Waals surface area contributed by atoms with E-state index in [2.05, 4.69) is 5.32 Å². The van der Waals surface area contributed by atoms with Crippen LogP contribution in [0.1, 0.15) is 40.5 Å². The largest absolute Gasteiger partial charge is 0.481 e. The van der Waals surface area contributed by atoms with E-state index >= 15 is 0 Å². The van der Waals surface area contributed by atoms with Crippen molar-refractivity contribution in [3.8, 4) is 0 Å². The van der Waals surface area contributed by atoms with Gasteiger partial charge in [0.15, 0.2) is 0 Å². The fourth-order valence-electron chi connectivity index (χ4n) is 2.45. The predicted octanol–water partition coefficient (Wildman–Crippen LogP) is 2.12. The van der Waals surface area contributed by atoms with Gasteiger partial charge in [0.25, 0.3) is 0 Å². The molecular formula is C12H23NO2. The highest BCUT2D eigenvalue weighted by Crippen LogP contribution is 2.46. The van der Waals surface area contributed by atoms with Crippen LogP contribution in [-0.4, -0.2) is 24.2 Å². The average Bonchev–Trinajstić information content (AvgIpc) is 2.16. The van der Waals surface area contributed by atoms with E-state index in [9.17, 15) is 9.90 Å². The second-order valence-electron chi connectivity index (χ2n) is 5.80. The summed E-state index contributed by atoms with van der Waals surface area (Å²) in [5.41, 5.74) is -0.844. The first-order valence-electron chi connectivity index (χ1n) is 5.74. The lowest BCUT2D eigenvalue weighted by molar-refractivity contribution is -0.161. The standard InChI is InChI=1S/C12H23NO2/c1-11(2,3)12(4,10(14)15)9-6-5-7-13-8-9/h9,13H,5-8H2,1-4H3,(H,14,15). The Hall–Kier alpha value is -0.570. The highest BCUT2D eigenvalue weighted by Gasteiger charge is 2.50. The van der Waals surface area contributed by atoms with Crippen LogP contribution in [0.25, 0.3) is 0 Å². The number of hydrogen-bond donors (Lipinski definition) is 2. The van der Waals surface area contributed by atoms with Gasteiger partial charge in [-0.25, -0.2) is 0 Å². The van der Waals surface area contributed by atoms with Crippen LogP contribution in [-0.2, 0) is 4.79 Å². The van der Waals surface area contributed by atoms with E-state index in [1.807, 2.05) is 27.7 Å². The van der Waals surface area contributed by atoms with Gasteiger partial charge < -0.3 is 10.4 Å². The molecule has 88 valence electrons. The van der Waals surface area contributed by atoms with Crippen molar-refractivity contribution in [3.05, 3.63) is 0 Å². The Morgan fingerprint density at radius 1 is 1.33 bits per heavy atom. The van der Waals surface area contributed by atoms with Gasteiger partial charge in [0.1, 0.15) is 0 Å². The molecule has 2 unspecified atom stereocenters. The van der Waals surface area contributed by atoms with Crippen LogP contribution < -0.4 is 5.32 Å². The SMILES string of the molecule is CC(C)(C)C(C)(C(=O)O)C1CCCNC1. The minimum Gasteiger partial charge on any atom is -0.481 e. The lowest BCUT2D eigenvalue weighted by Gasteiger charge is -2.45. The summed E-state index contributed by atoms with van der Waals surface area (Å²) < 4.78 is 0. The number of nitrogens with one attached hydrogen (secondary N) is 1. The third-order valence-electron chi connectivity index (χ3n) is 4.12. The van der Waals surface area contributed by atoms with Gasteiger partial charge in [-0.1, -0.05) is 20.8 Å². The van der Waals surface area contributed by atoms with Crippen LogP contribution >= 0.6 is 0 Å². The number of hydrogen-bond acceptors (Lipinski definition) is 2. The Labute approximate surface area is 92.3 Å². The average molecular weight is 213 g/mol. The van der Waals surface area contributed by atoms with Gasteiger partial charge in [-0.05, 0) is 44.2 Å². The summed E-state index contributed by atoms with van der Waals surface area (Å²) in [6.07, 6.45) is 2.11. The van der Waals surface area contributed by atoms with Gasteiger partial charge in [0.2, 0.25) is 0 Å². The summed E-state index contributed by atoms with van der Waals surface area (Å²) in [7, 11) is 0. The Bertz CT molecular complexity index is 238. The van der Waals surface area contributed by atoms with Crippen molar-refractivity contribution in [2.24, 2.45) is 16.7 Å². The molecule has 0 aromatic heterocycles. The zero-order chi connectivity index (χ0) is 11.7. The van der Waals surface area contributed by atoms with Gasteiger partial charge in [0, 0.05) is 0 Å². The summed E-state index contributed by atoms with van der Waals surface area (Å²) in [4.78, 5) is 11.5. The van der Waals surface area contributed by atoms with E-state index in [0.29, 0.717) is 0 Å². The molecule has 0 spiro atoms. The first kappa shape index (κ1) is 12.5. The molecule has 0 radical (unpaired) electrons. The van der Waals surface area contributed by atoms with E-state index in [-0.39, 0.29) is 11.3 Å². The van der Waals surface area contributed by atoms with Crippen molar-refractivity contribution >= 4 is 5.97 Å². The zero-order valence-electron chi connectivity index (χ0n) is 10.3. The fourth-order valence-corrected chi connectivity index (χ4v) is 2.45. The molecule has 2 atom stereocenters. The van der Waals surface area contributed by atoms with Crippen molar-refractivity contribution in [1.82, 2.24) is 5.32 Å². The Morgan fingerprint density at radius 3 is 2.27 bits per heavy atom. The van der Waals surface area contributed by atoms with Gasteiger partial charge in [-0.15, -0.1) is 0 Å². The van der Waals surface area contributed by atoms with E-state index < -0.39 is 11.4 Å². The molecule has 0 aromatic carbocycles. The third kappa shape index (κ3) is 2.17. The normalized spacial score (nSPS) is 27.1. The number of carboxylic acids is 1. The van der Waals surface area contributed by atoms with Gasteiger partial charge in [0.05, 0.1) is 5.41 Å². The number of rotatable bonds is 2. The molecule has 15 heavy (non-hydrogen) atoms. The lowest BCUT2D eigenvalue weighted by atomic mass is 9.59. The second kappa shape index (κ2) is 4.12. The molecule has 1 fully saturated rings. The van der Waals surface area contributed by atoms with Gasteiger partial charge >= 0.3 is 5.97 Å². The summed E-state index contributed by atoms with van der Waals surface area (Å²) in [5.74, 6) is -0.424. The minimum atomic E-state index is -0.663. The van der Waals surface area contributed by atoms with E-state index in [4.69, 9.17) is 0 Å². The Balaban J connectivity index is 2.94. The predicted molar refractivity (Wildman–Crippen MR) is 60.8 cm³/mol. The summed E-state index contributed by atoms with van der Waals surface area (Å²) in [6.45, 7) is 9.82. The smallest absolute Gasteiger partial charge is 0.310 e. The van der Waals surface area contributed by atoms with E-state index in [1.54, 1.807) is 0 Å². The molecule has 0 aliphatic carbocycles. The molecule has 0 saturated carbocycles. The molecule has 0 aromatic rings. The molecule has 1 aliphatic rings. The minimum absolute atomic E-state index is 0.206. The summed E-state index contributed by atoms with van der Waals surface area (Å²) >= 11 is 0. The van der Waals surface area contributed by atoms with Gasteiger partial charge in [-0.2, -0.15) is 0 Å². The monoisotopic (exact) mass is 213 g/mol. The zero-order valence-corrected chi connectivity index (χ0v) is 10.3. The summed E-state index contributed by atoms with van der Waals surface area (Å²) in [6, 6.07) is 0. The first-order chi connectivity index (χ1) is 6.80. The maximum atomic E-state index is 11.5. The van der Waals surface area contributed by atoms with E-state index in [0.717, 1.165) is 25.9 Å². The molecule has 0 bridgehead atoms. The van der Waals surface area contributed by atoms with Crippen molar-refractivity contribution < 1.29 is 9.90 Å². The molecule has 1 aliphatic heterocycles. The van der Waals surface area contributed by atoms with Crippen LogP contribution in [0.5, 0.6) is 0 Å². The second-order valence-corrected chi connectivity index (χ2v) is 5.80. The van der Waals surface area contributed by atoms with Crippen LogP contribution in [0.15, 0.2) is 0 Å². The quantitative estimate of drug-likeness (QED) is 0.738. The number of piperidine rings is 1. The molecular weight excluding hydrogens is 190 g/mol. The highest BCUT2D eigenvalue weighted by atomic mass is 16.4. The molecule has 3 nitrogen and oxygen atoms in total. The summed E-state index contributed by atoms with van der Waals surface area (Å²) in [5, 5.41) is 12.8. The molecule has 1 saturated heterocycles. The van der Waals surface area contributed by atoms with Crippen molar-refractivity contribution in [1.29, 1.82) is 0 Å². The lowest BCUT2D eigenvalue weighted by Crippen LogP contribution is -2.51. The molecule has 1 heterocycles. The van der Waals surface area contributed by atoms with Crippen molar-refractivity contribution in [2.75, 3.05) is 13.1 Å². The van der Waals surface area contributed by atoms with Crippen LogP contribution in [0.4, 0.5) is 0 Å². The number of carbonyl (C=O) groups is 1. The number of aliphatic carboxylic acids is 1. The number of carboxylic acid groups (broad SMARTS) is 1. The van der Waals surface area contributed by atoms with Crippen molar-refractivity contribution in [2.45, 2.75) is 40.5 Å². The molecule has 3 heteroatoms. The maximum Gasteiger partial charge on any atom is 0.310 e. The molecule has 0 amide bonds. The maximum absolute atomic E-state index is 11.5.